The number of amides is 1. The van der Waals surface area contributed by atoms with Crippen LogP contribution in [0.2, 0.25) is 0 Å². The molecule has 2 aromatic carbocycles. The summed E-state index contributed by atoms with van der Waals surface area (Å²) in [6.07, 6.45) is 6.14. The average molecular weight is 412 g/mol. The molecule has 4 nitrogen and oxygen atoms in total. The number of thiazole rings is 1. The fourth-order valence-electron chi connectivity index (χ4n) is 2.73. The van der Waals surface area contributed by atoms with E-state index in [-0.39, 0.29) is 5.91 Å². The summed E-state index contributed by atoms with van der Waals surface area (Å²) in [5.41, 5.74) is 7.63. The molecule has 3 rings (SSSR count). The molecule has 0 aliphatic carbocycles. The number of aromatic nitrogens is 1. The van der Waals surface area contributed by atoms with E-state index < -0.39 is 0 Å². The summed E-state index contributed by atoms with van der Waals surface area (Å²) in [5.74, 6) is 0.514. The molecule has 0 radical (unpaired) electrons. The minimum absolute atomic E-state index is 0.0780. The van der Waals surface area contributed by atoms with Gasteiger partial charge < -0.3 is 11.1 Å². The second-order valence-electron chi connectivity index (χ2n) is 6.50. The standard InChI is InChI=1S/C22H25N3OS2/c23-18-10-12-19(13-11-18)27-16-21(26)24-14-6-2-5-9-22-25-15-20(28-22)17-7-3-1-4-8-17/h1,3-4,7-8,10-13,15H,2,5-6,9,14,16,23H2,(H,24,26). The van der Waals surface area contributed by atoms with E-state index in [4.69, 9.17) is 5.73 Å². The second-order valence-corrected chi connectivity index (χ2v) is 8.67. The summed E-state index contributed by atoms with van der Waals surface area (Å²) in [6.45, 7) is 0.730. The third-order valence-electron chi connectivity index (χ3n) is 4.25. The zero-order valence-electron chi connectivity index (χ0n) is 15.8. The minimum atomic E-state index is 0.0780. The summed E-state index contributed by atoms with van der Waals surface area (Å²) in [5, 5.41) is 4.17. The Morgan fingerprint density at radius 1 is 1.04 bits per heavy atom. The number of carbonyl (C=O) groups is 1. The monoisotopic (exact) mass is 411 g/mol. The molecule has 28 heavy (non-hydrogen) atoms. The lowest BCUT2D eigenvalue weighted by Crippen LogP contribution is -2.26. The Morgan fingerprint density at radius 2 is 1.82 bits per heavy atom. The van der Waals surface area contributed by atoms with E-state index in [0.29, 0.717) is 5.75 Å². The molecule has 1 heterocycles. The van der Waals surface area contributed by atoms with Gasteiger partial charge >= 0.3 is 0 Å². The first-order valence-electron chi connectivity index (χ1n) is 9.46. The Bertz CT molecular complexity index is 863. The van der Waals surface area contributed by atoms with Crippen LogP contribution in [0.15, 0.2) is 65.7 Å². The molecule has 3 aromatic rings. The number of thioether (sulfide) groups is 1. The van der Waals surface area contributed by atoms with Crippen molar-refractivity contribution in [2.45, 2.75) is 30.6 Å². The summed E-state index contributed by atoms with van der Waals surface area (Å²) in [4.78, 5) is 18.7. The van der Waals surface area contributed by atoms with Crippen molar-refractivity contribution in [2.75, 3.05) is 18.0 Å². The van der Waals surface area contributed by atoms with Crippen LogP contribution in [-0.4, -0.2) is 23.2 Å². The smallest absolute Gasteiger partial charge is 0.230 e. The number of nitrogens with zero attached hydrogens (tertiary/aromatic N) is 1. The highest BCUT2D eigenvalue weighted by Gasteiger charge is 2.05. The summed E-state index contributed by atoms with van der Waals surface area (Å²) < 4.78 is 0. The molecule has 3 N–H and O–H groups in total. The summed E-state index contributed by atoms with van der Waals surface area (Å²) in [6, 6.07) is 18.0. The van der Waals surface area contributed by atoms with Crippen LogP contribution in [0.5, 0.6) is 0 Å². The molecule has 0 spiro atoms. The molecule has 146 valence electrons. The van der Waals surface area contributed by atoms with Gasteiger partial charge in [0.05, 0.1) is 15.6 Å². The highest BCUT2D eigenvalue weighted by molar-refractivity contribution is 8.00. The largest absolute Gasteiger partial charge is 0.399 e. The number of hydrogen-bond donors (Lipinski definition) is 2. The van der Waals surface area contributed by atoms with E-state index in [2.05, 4.69) is 34.6 Å². The van der Waals surface area contributed by atoms with Gasteiger partial charge in [0.2, 0.25) is 5.91 Å². The van der Waals surface area contributed by atoms with Gasteiger partial charge in [-0.2, -0.15) is 0 Å². The van der Waals surface area contributed by atoms with Crippen LogP contribution in [0.1, 0.15) is 24.3 Å². The molecule has 0 atom stereocenters. The maximum atomic E-state index is 11.9. The van der Waals surface area contributed by atoms with Crippen LogP contribution >= 0.6 is 23.1 Å². The molecule has 0 aliphatic rings. The lowest BCUT2D eigenvalue weighted by atomic mass is 10.2. The van der Waals surface area contributed by atoms with Crippen LogP contribution in [0.4, 0.5) is 5.69 Å². The third kappa shape index (κ3) is 6.69. The van der Waals surface area contributed by atoms with Crippen molar-refractivity contribution in [2.24, 2.45) is 0 Å². The lowest BCUT2D eigenvalue weighted by molar-refractivity contribution is -0.118. The topological polar surface area (TPSA) is 68.0 Å². The molecular weight excluding hydrogens is 386 g/mol. The van der Waals surface area contributed by atoms with Gasteiger partial charge in [-0.3, -0.25) is 4.79 Å². The van der Waals surface area contributed by atoms with Crippen molar-refractivity contribution in [1.82, 2.24) is 10.3 Å². The van der Waals surface area contributed by atoms with Crippen LogP contribution < -0.4 is 11.1 Å². The minimum Gasteiger partial charge on any atom is -0.399 e. The van der Waals surface area contributed by atoms with Crippen LogP contribution in [0, 0.1) is 0 Å². The van der Waals surface area contributed by atoms with Crippen molar-refractivity contribution in [3.8, 4) is 10.4 Å². The Kier molecular flexibility index (Phi) is 7.94. The van der Waals surface area contributed by atoms with Gasteiger partial charge in [-0.15, -0.1) is 23.1 Å². The fourth-order valence-corrected chi connectivity index (χ4v) is 4.42. The summed E-state index contributed by atoms with van der Waals surface area (Å²) in [7, 11) is 0. The van der Waals surface area contributed by atoms with Gasteiger partial charge in [0, 0.05) is 23.3 Å². The number of unbranched alkanes of at least 4 members (excludes halogenated alkanes) is 2. The van der Waals surface area contributed by atoms with E-state index >= 15 is 0 Å². The average Bonchev–Trinajstić information content (AvgIpc) is 3.20. The highest BCUT2D eigenvalue weighted by Crippen LogP contribution is 2.26. The maximum absolute atomic E-state index is 11.9. The van der Waals surface area contributed by atoms with E-state index in [9.17, 15) is 4.79 Å². The molecule has 0 aliphatic heterocycles. The normalized spacial score (nSPS) is 10.7. The van der Waals surface area contributed by atoms with E-state index in [1.54, 1.807) is 11.3 Å². The van der Waals surface area contributed by atoms with Gasteiger partial charge in [-0.1, -0.05) is 36.8 Å². The van der Waals surface area contributed by atoms with Gasteiger partial charge in [-0.05, 0) is 49.1 Å². The van der Waals surface area contributed by atoms with Crippen LogP contribution in [-0.2, 0) is 11.2 Å². The zero-order valence-corrected chi connectivity index (χ0v) is 17.4. The molecule has 0 fully saturated rings. The Balaban J connectivity index is 1.26. The quantitative estimate of drug-likeness (QED) is 0.279. The van der Waals surface area contributed by atoms with Crippen molar-refractivity contribution in [3.05, 3.63) is 65.8 Å². The highest BCUT2D eigenvalue weighted by atomic mass is 32.2. The molecule has 1 aromatic heterocycles. The van der Waals surface area contributed by atoms with Gasteiger partial charge in [-0.25, -0.2) is 4.98 Å². The van der Waals surface area contributed by atoms with E-state index in [1.165, 1.54) is 27.2 Å². The van der Waals surface area contributed by atoms with Crippen LogP contribution in [0.25, 0.3) is 10.4 Å². The van der Waals surface area contributed by atoms with E-state index in [0.717, 1.165) is 42.8 Å². The first kappa shape index (κ1) is 20.4. The van der Waals surface area contributed by atoms with E-state index in [1.807, 2.05) is 36.5 Å². The molecular formula is C22H25N3OS2. The zero-order chi connectivity index (χ0) is 19.6. The van der Waals surface area contributed by atoms with Crippen molar-refractivity contribution < 1.29 is 4.79 Å². The Labute approximate surface area is 174 Å². The Hall–Kier alpha value is -2.31. The third-order valence-corrected chi connectivity index (χ3v) is 6.37. The first-order chi connectivity index (χ1) is 13.7. The molecule has 0 unspecified atom stereocenters. The van der Waals surface area contributed by atoms with Crippen molar-refractivity contribution in [1.29, 1.82) is 0 Å². The fraction of sp³-hybridized carbons (Fsp3) is 0.273. The number of aryl methyl sites for hydroxylation is 1. The first-order valence-corrected chi connectivity index (χ1v) is 11.3. The predicted molar refractivity (Wildman–Crippen MR) is 120 cm³/mol. The number of benzene rings is 2. The Morgan fingerprint density at radius 3 is 2.61 bits per heavy atom. The molecule has 0 saturated heterocycles. The molecule has 1 amide bonds. The van der Waals surface area contributed by atoms with Crippen LogP contribution in [0.3, 0.4) is 0 Å². The molecule has 0 bridgehead atoms. The number of rotatable bonds is 10. The number of anilines is 1. The predicted octanol–water partition coefficient (Wildman–Crippen LogP) is 5.01. The van der Waals surface area contributed by atoms with Gasteiger partial charge in [0.1, 0.15) is 0 Å². The summed E-state index contributed by atoms with van der Waals surface area (Å²) >= 11 is 3.30. The second kappa shape index (κ2) is 10.9. The maximum Gasteiger partial charge on any atom is 0.230 e. The van der Waals surface area contributed by atoms with Gasteiger partial charge in [0.25, 0.3) is 0 Å². The molecule has 0 saturated carbocycles. The number of nitrogens with one attached hydrogen (secondary N) is 1. The number of nitrogens with two attached hydrogens (primary N) is 1. The number of nitrogen functional groups attached to an aromatic ring is 1. The van der Waals surface area contributed by atoms with Crippen molar-refractivity contribution in [3.63, 3.8) is 0 Å². The number of carbonyl (C=O) groups excluding carboxylic acids is 1. The lowest BCUT2D eigenvalue weighted by Gasteiger charge is -2.05. The van der Waals surface area contributed by atoms with Crippen molar-refractivity contribution >= 4 is 34.7 Å². The van der Waals surface area contributed by atoms with Gasteiger partial charge in [0.15, 0.2) is 0 Å². The molecule has 6 heteroatoms. The SMILES string of the molecule is Nc1ccc(SCC(=O)NCCCCCc2ncc(-c3ccccc3)s2)cc1. The number of hydrogen-bond acceptors (Lipinski definition) is 5.